The summed E-state index contributed by atoms with van der Waals surface area (Å²) in [5.74, 6) is 0.638. The number of nitrogens with one attached hydrogen (secondary N) is 2. The van der Waals surface area contributed by atoms with Crippen LogP contribution in [0.4, 0.5) is 11.4 Å². The fourth-order valence-corrected chi connectivity index (χ4v) is 2.75. The molecule has 1 atom stereocenters. The molecule has 4 heteroatoms. The molecule has 0 spiro atoms. The van der Waals surface area contributed by atoms with Gasteiger partial charge in [0.1, 0.15) is 0 Å². The number of nitrogen functional groups attached to an aromatic ring is 1. The average molecular weight is 295 g/mol. The molecule has 1 heterocycles. The first-order valence-electron chi connectivity index (χ1n) is 7.68. The maximum Gasteiger partial charge on any atom is 0.193 e. The number of ketones is 1. The predicted octanol–water partition coefficient (Wildman–Crippen LogP) is 2.52. The van der Waals surface area contributed by atoms with Crippen molar-refractivity contribution in [3.8, 4) is 0 Å². The molecular weight excluding hydrogens is 274 g/mol. The van der Waals surface area contributed by atoms with Gasteiger partial charge in [-0.3, -0.25) is 4.79 Å². The molecular formula is C18H21N3O. The standard InChI is InChI=1S/C18H21N3O/c19-16-7-6-15(18(22)14-4-2-1-3-5-14)10-17(16)21-12-13-8-9-20-11-13/h1-7,10,13,20-21H,8-9,11-12,19H2/t13-/m0/s1. The normalized spacial score (nSPS) is 17.4. The minimum absolute atomic E-state index is 0.0196. The van der Waals surface area contributed by atoms with Crippen LogP contribution in [0.3, 0.4) is 0 Å². The van der Waals surface area contributed by atoms with E-state index in [1.807, 2.05) is 36.4 Å². The van der Waals surface area contributed by atoms with Crippen molar-refractivity contribution in [3.05, 3.63) is 59.7 Å². The van der Waals surface area contributed by atoms with Crippen molar-refractivity contribution < 1.29 is 4.79 Å². The molecule has 0 unspecified atom stereocenters. The highest BCUT2D eigenvalue weighted by Crippen LogP contribution is 2.23. The highest BCUT2D eigenvalue weighted by molar-refractivity contribution is 6.09. The molecule has 0 amide bonds. The first-order valence-corrected chi connectivity index (χ1v) is 7.68. The Morgan fingerprint density at radius 1 is 1.18 bits per heavy atom. The maximum atomic E-state index is 12.5. The zero-order chi connectivity index (χ0) is 15.4. The van der Waals surface area contributed by atoms with Crippen molar-refractivity contribution in [2.45, 2.75) is 6.42 Å². The van der Waals surface area contributed by atoms with Crippen molar-refractivity contribution in [1.29, 1.82) is 0 Å². The largest absolute Gasteiger partial charge is 0.397 e. The fraction of sp³-hybridized carbons (Fsp3) is 0.278. The van der Waals surface area contributed by atoms with Gasteiger partial charge in [-0.2, -0.15) is 0 Å². The monoisotopic (exact) mass is 295 g/mol. The smallest absolute Gasteiger partial charge is 0.193 e. The maximum absolute atomic E-state index is 12.5. The molecule has 3 rings (SSSR count). The SMILES string of the molecule is Nc1ccc(C(=O)c2ccccc2)cc1NC[C@H]1CCNC1. The Balaban J connectivity index is 1.75. The molecule has 0 saturated carbocycles. The summed E-state index contributed by atoms with van der Waals surface area (Å²) >= 11 is 0. The molecule has 1 aliphatic rings. The van der Waals surface area contributed by atoms with E-state index in [2.05, 4.69) is 10.6 Å². The van der Waals surface area contributed by atoms with Gasteiger partial charge in [0.05, 0.1) is 11.4 Å². The summed E-state index contributed by atoms with van der Waals surface area (Å²) in [6.45, 7) is 2.99. The molecule has 0 aromatic heterocycles. The molecule has 0 bridgehead atoms. The van der Waals surface area contributed by atoms with Gasteiger partial charge in [-0.05, 0) is 43.6 Å². The second-order valence-electron chi connectivity index (χ2n) is 5.74. The lowest BCUT2D eigenvalue weighted by molar-refractivity contribution is 0.103. The van der Waals surface area contributed by atoms with Crippen molar-refractivity contribution in [2.75, 3.05) is 30.7 Å². The number of carbonyl (C=O) groups is 1. The lowest BCUT2D eigenvalue weighted by atomic mass is 10.0. The van der Waals surface area contributed by atoms with Crippen LogP contribution in [0.2, 0.25) is 0 Å². The van der Waals surface area contributed by atoms with Gasteiger partial charge in [-0.25, -0.2) is 0 Å². The second kappa shape index (κ2) is 6.62. The summed E-state index contributed by atoms with van der Waals surface area (Å²) in [6, 6.07) is 14.7. The minimum Gasteiger partial charge on any atom is -0.397 e. The van der Waals surface area contributed by atoms with Crippen LogP contribution in [0.5, 0.6) is 0 Å². The lowest BCUT2D eigenvalue weighted by Crippen LogP contribution is -2.18. The molecule has 1 aliphatic heterocycles. The van der Waals surface area contributed by atoms with Gasteiger partial charge in [-0.1, -0.05) is 30.3 Å². The molecule has 1 fully saturated rings. The summed E-state index contributed by atoms with van der Waals surface area (Å²) < 4.78 is 0. The Hall–Kier alpha value is -2.33. The van der Waals surface area contributed by atoms with E-state index >= 15 is 0 Å². The Bertz CT molecular complexity index is 649. The topological polar surface area (TPSA) is 67.2 Å². The summed E-state index contributed by atoms with van der Waals surface area (Å²) in [5, 5.41) is 6.73. The number of nitrogens with two attached hydrogens (primary N) is 1. The van der Waals surface area contributed by atoms with E-state index in [4.69, 9.17) is 5.73 Å². The Morgan fingerprint density at radius 2 is 2.00 bits per heavy atom. The third-order valence-electron chi connectivity index (χ3n) is 4.10. The number of anilines is 2. The van der Waals surface area contributed by atoms with Crippen LogP contribution >= 0.6 is 0 Å². The van der Waals surface area contributed by atoms with Gasteiger partial charge in [0.25, 0.3) is 0 Å². The van der Waals surface area contributed by atoms with E-state index in [0.29, 0.717) is 22.7 Å². The van der Waals surface area contributed by atoms with Crippen molar-refractivity contribution >= 4 is 17.2 Å². The molecule has 4 N–H and O–H groups in total. The van der Waals surface area contributed by atoms with Crippen LogP contribution in [0, 0.1) is 5.92 Å². The van der Waals surface area contributed by atoms with Crippen molar-refractivity contribution in [1.82, 2.24) is 5.32 Å². The first-order chi connectivity index (χ1) is 10.7. The van der Waals surface area contributed by atoms with Gasteiger partial charge < -0.3 is 16.4 Å². The average Bonchev–Trinajstić information content (AvgIpc) is 3.08. The van der Waals surface area contributed by atoms with Crippen molar-refractivity contribution in [2.24, 2.45) is 5.92 Å². The molecule has 4 nitrogen and oxygen atoms in total. The van der Waals surface area contributed by atoms with Crippen LogP contribution in [-0.4, -0.2) is 25.4 Å². The second-order valence-corrected chi connectivity index (χ2v) is 5.74. The van der Waals surface area contributed by atoms with Crippen LogP contribution in [0.25, 0.3) is 0 Å². The number of benzene rings is 2. The highest BCUT2D eigenvalue weighted by atomic mass is 16.1. The molecule has 0 radical (unpaired) electrons. The Labute approximate surface area is 130 Å². The van der Waals surface area contributed by atoms with Crippen LogP contribution < -0.4 is 16.4 Å². The van der Waals surface area contributed by atoms with Gasteiger partial charge in [0.15, 0.2) is 5.78 Å². The highest BCUT2D eigenvalue weighted by Gasteiger charge is 2.15. The van der Waals surface area contributed by atoms with Crippen molar-refractivity contribution in [3.63, 3.8) is 0 Å². The third kappa shape index (κ3) is 3.28. The molecule has 114 valence electrons. The zero-order valence-corrected chi connectivity index (χ0v) is 12.5. The van der Waals surface area contributed by atoms with E-state index in [1.54, 1.807) is 12.1 Å². The quantitative estimate of drug-likeness (QED) is 0.586. The molecule has 2 aromatic rings. The van der Waals surface area contributed by atoms with E-state index < -0.39 is 0 Å². The van der Waals surface area contributed by atoms with E-state index in [1.165, 1.54) is 6.42 Å². The number of carbonyl (C=O) groups excluding carboxylic acids is 1. The van der Waals surface area contributed by atoms with Gasteiger partial charge >= 0.3 is 0 Å². The summed E-state index contributed by atoms with van der Waals surface area (Å²) in [6.07, 6.45) is 1.18. The molecule has 2 aromatic carbocycles. The third-order valence-corrected chi connectivity index (χ3v) is 4.10. The Morgan fingerprint density at radius 3 is 2.73 bits per heavy atom. The minimum atomic E-state index is 0.0196. The molecule has 1 saturated heterocycles. The first kappa shape index (κ1) is 14.6. The summed E-state index contributed by atoms with van der Waals surface area (Å²) in [4.78, 5) is 12.5. The molecule has 0 aliphatic carbocycles. The fourth-order valence-electron chi connectivity index (χ4n) is 2.75. The van der Waals surface area contributed by atoms with Crippen LogP contribution in [0.15, 0.2) is 48.5 Å². The van der Waals surface area contributed by atoms with Gasteiger partial charge in [-0.15, -0.1) is 0 Å². The van der Waals surface area contributed by atoms with Gasteiger partial charge in [0.2, 0.25) is 0 Å². The van der Waals surface area contributed by atoms with E-state index in [-0.39, 0.29) is 5.78 Å². The summed E-state index contributed by atoms with van der Waals surface area (Å²) in [5.41, 5.74) is 8.89. The molecule has 22 heavy (non-hydrogen) atoms. The van der Waals surface area contributed by atoms with E-state index in [0.717, 1.165) is 25.3 Å². The van der Waals surface area contributed by atoms with Gasteiger partial charge in [0, 0.05) is 17.7 Å². The number of rotatable bonds is 5. The number of hydrogen-bond donors (Lipinski definition) is 3. The van der Waals surface area contributed by atoms with Crippen LogP contribution in [0.1, 0.15) is 22.3 Å². The lowest BCUT2D eigenvalue weighted by Gasteiger charge is -2.14. The van der Waals surface area contributed by atoms with Crippen LogP contribution in [-0.2, 0) is 0 Å². The predicted molar refractivity (Wildman–Crippen MR) is 90.2 cm³/mol. The van der Waals surface area contributed by atoms with E-state index in [9.17, 15) is 4.79 Å². The zero-order valence-electron chi connectivity index (χ0n) is 12.5. The Kier molecular flexibility index (Phi) is 4.39. The summed E-state index contributed by atoms with van der Waals surface area (Å²) in [7, 11) is 0. The number of hydrogen-bond acceptors (Lipinski definition) is 4.